The van der Waals surface area contributed by atoms with Crippen molar-refractivity contribution in [2.24, 2.45) is 16.5 Å². The van der Waals surface area contributed by atoms with Crippen LogP contribution in [0.15, 0.2) is 11.1 Å². The van der Waals surface area contributed by atoms with Crippen molar-refractivity contribution in [3.8, 4) is 12.0 Å². The zero-order valence-corrected chi connectivity index (χ0v) is 13.6. The number of carboxylic acids is 1. The summed E-state index contributed by atoms with van der Waals surface area (Å²) in [5.74, 6) is -6.54. The molecule has 9 nitrogen and oxygen atoms in total. The van der Waals surface area contributed by atoms with E-state index in [2.05, 4.69) is 17.0 Å². The number of amides is 2. The highest BCUT2D eigenvalue weighted by atomic mass is 19.2. The maximum Gasteiger partial charge on any atom is 0.304 e. The Morgan fingerprint density at radius 3 is 2.44 bits per heavy atom. The van der Waals surface area contributed by atoms with Crippen molar-refractivity contribution in [3.05, 3.63) is 29.1 Å². The highest BCUT2D eigenvalue weighted by molar-refractivity contribution is 5.98. The Bertz CT molecular complexity index is 857. The van der Waals surface area contributed by atoms with E-state index in [9.17, 15) is 27.6 Å². The summed E-state index contributed by atoms with van der Waals surface area (Å²) >= 11 is 0. The minimum Gasteiger partial charge on any atom is -0.481 e. The van der Waals surface area contributed by atoms with Crippen molar-refractivity contribution < 1.29 is 32.7 Å². The largest absolute Gasteiger partial charge is 0.481 e. The van der Waals surface area contributed by atoms with E-state index < -0.39 is 59.0 Å². The number of rotatable bonds is 6. The van der Waals surface area contributed by atoms with Crippen LogP contribution in [0.5, 0.6) is 0 Å². The summed E-state index contributed by atoms with van der Waals surface area (Å²) in [4.78, 5) is 36.8. The Kier molecular flexibility index (Phi) is 7.62. The van der Waals surface area contributed by atoms with E-state index in [4.69, 9.17) is 16.6 Å². The van der Waals surface area contributed by atoms with Gasteiger partial charge in [0.15, 0.2) is 23.4 Å². The van der Waals surface area contributed by atoms with Crippen LogP contribution in [-0.2, 0) is 9.59 Å². The number of halogens is 3. The van der Waals surface area contributed by atoms with E-state index >= 15 is 0 Å². The van der Waals surface area contributed by atoms with Gasteiger partial charge in [-0.05, 0) is 0 Å². The summed E-state index contributed by atoms with van der Waals surface area (Å²) in [6, 6.07) is 2.51. The summed E-state index contributed by atoms with van der Waals surface area (Å²) in [5.41, 5.74) is 7.96. The molecule has 1 aromatic carbocycles. The smallest absolute Gasteiger partial charge is 0.304 e. The maximum atomic E-state index is 14.1. The number of nitrogens with two attached hydrogens (primary N) is 2. The molecule has 0 saturated heterocycles. The van der Waals surface area contributed by atoms with Gasteiger partial charge < -0.3 is 21.9 Å². The van der Waals surface area contributed by atoms with Crippen LogP contribution in [-0.4, -0.2) is 35.4 Å². The number of aliphatic imine (C=N–C) groups is 1. The van der Waals surface area contributed by atoms with Crippen LogP contribution in [0.2, 0.25) is 0 Å². The Morgan fingerprint density at radius 1 is 1.19 bits per heavy atom. The molecule has 0 heterocycles. The fraction of sp³-hybridized carbons (Fsp3) is 0.200. The van der Waals surface area contributed by atoms with Crippen molar-refractivity contribution in [1.29, 1.82) is 0 Å². The average molecular weight is 385 g/mol. The Labute approximate surface area is 150 Å². The first kappa shape index (κ1) is 21.3. The second-order valence-electron chi connectivity index (χ2n) is 4.84. The van der Waals surface area contributed by atoms with Gasteiger partial charge in [0.1, 0.15) is 11.3 Å². The van der Waals surface area contributed by atoms with Gasteiger partial charge in [0.2, 0.25) is 0 Å². The van der Waals surface area contributed by atoms with Gasteiger partial charge in [0, 0.05) is 18.5 Å². The zero-order chi connectivity index (χ0) is 20.6. The molecule has 0 aliphatic heterocycles. The third-order valence-corrected chi connectivity index (χ3v) is 2.78. The van der Waals surface area contributed by atoms with Crippen LogP contribution < -0.4 is 22.1 Å². The molecule has 1 rings (SSSR count). The highest BCUT2D eigenvalue weighted by Crippen LogP contribution is 2.26. The lowest BCUT2D eigenvalue weighted by Crippen LogP contribution is -2.36. The SMILES string of the molecule is NC(N)=Nc1cc(F)c(F)c(C(=O)NCC(=O)NC#CCCC(=O)O)c1F. The molecule has 0 saturated carbocycles. The molecule has 1 aromatic rings. The van der Waals surface area contributed by atoms with Crippen LogP contribution in [0.4, 0.5) is 18.9 Å². The number of carbonyl (C=O) groups is 3. The molecule has 0 unspecified atom stereocenters. The molecule has 0 bridgehead atoms. The summed E-state index contributed by atoms with van der Waals surface area (Å²) in [6.45, 7) is -0.737. The number of hydrogen-bond donors (Lipinski definition) is 5. The molecule has 144 valence electrons. The van der Waals surface area contributed by atoms with Gasteiger partial charge in [-0.3, -0.25) is 19.7 Å². The maximum absolute atomic E-state index is 14.1. The Balaban J connectivity index is 2.80. The molecular weight excluding hydrogens is 371 g/mol. The van der Waals surface area contributed by atoms with Crippen molar-refractivity contribution in [2.45, 2.75) is 12.8 Å². The van der Waals surface area contributed by atoms with E-state index in [1.807, 2.05) is 10.6 Å². The Morgan fingerprint density at radius 2 is 1.85 bits per heavy atom. The predicted octanol–water partition coefficient (Wildman–Crippen LogP) is -0.320. The lowest BCUT2D eigenvalue weighted by molar-refractivity contribution is -0.136. The average Bonchev–Trinajstić information content (AvgIpc) is 2.57. The van der Waals surface area contributed by atoms with Crippen molar-refractivity contribution in [1.82, 2.24) is 10.6 Å². The minimum atomic E-state index is -1.78. The molecule has 0 spiro atoms. The number of guanidine groups is 1. The summed E-state index contributed by atoms with van der Waals surface area (Å²) in [6.07, 6.45) is -0.245. The quantitative estimate of drug-likeness (QED) is 0.148. The first-order chi connectivity index (χ1) is 12.6. The van der Waals surface area contributed by atoms with Gasteiger partial charge in [-0.25, -0.2) is 18.2 Å². The molecule has 0 aliphatic carbocycles. The number of hydrogen-bond acceptors (Lipinski definition) is 4. The summed E-state index contributed by atoms with van der Waals surface area (Å²) in [5, 5.41) is 12.3. The van der Waals surface area contributed by atoms with Crippen molar-refractivity contribution >= 4 is 29.4 Å². The minimum absolute atomic E-state index is 0.0186. The lowest BCUT2D eigenvalue weighted by Gasteiger charge is -2.09. The summed E-state index contributed by atoms with van der Waals surface area (Å²) in [7, 11) is 0. The molecule has 0 atom stereocenters. The number of carboxylic acid groups (broad SMARTS) is 1. The van der Waals surface area contributed by atoms with E-state index in [1.54, 1.807) is 0 Å². The molecule has 0 aliphatic rings. The van der Waals surface area contributed by atoms with Crippen LogP contribution in [0.25, 0.3) is 0 Å². The molecule has 2 amide bonds. The van der Waals surface area contributed by atoms with Crippen LogP contribution in [0, 0.1) is 29.4 Å². The normalized spacial score (nSPS) is 9.59. The van der Waals surface area contributed by atoms with E-state index in [-0.39, 0.29) is 12.8 Å². The topological polar surface area (TPSA) is 160 Å². The first-order valence-electron chi connectivity index (χ1n) is 7.17. The van der Waals surface area contributed by atoms with Gasteiger partial charge >= 0.3 is 5.97 Å². The van der Waals surface area contributed by atoms with E-state index in [0.717, 1.165) is 0 Å². The summed E-state index contributed by atoms with van der Waals surface area (Å²) < 4.78 is 41.4. The van der Waals surface area contributed by atoms with Crippen LogP contribution in [0.3, 0.4) is 0 Å². The van der Waals surface area contributed by atoms with Crippen LogP contribution >= 0.6 is 0 Å². The molecule has 7 N–H and O–H groups in total. The lowest BCUT2D eigenvalue weighted by atomic mass is 10.1. The monoisotopic (exact) mass is 385 g/mol. The molecular formula is C15H14F3N5O4. The predicted molar refractivity (Wildman–Crippen MR) is 86.9 cm³/mol. The second-order valence-corrected chi connectivity index (χ2v) is 4.84. The molecule has 0 aromatic heterocycles. The third kappa shape index (κ3) is 6.58. The van der Waals surface area contributed by atoms with Gasteiger partial charge in [-0.2, -0.15) is 0 Å². The zero-order valence-electron chi connectivity index (χ0n) is 13.6. The molecule has 0 fully saturated rings. The second kappa shape index (κ2) is 9.66. The van der Waals surface area contributed by atoms with Crippen molar-refractivity contribution in [2.75, 3.05) is 6.54 Å². The van der Waals surface area contributed by atoms with Gasteiger partial charge in [0.25, 0.3) is 11.8 Å². The standard InChI is InChI=1S/C15H14F3N5O4/c16-7-5-8(23-15(19)20)13(18)11(12(7)17)14(27)22-6-9(24)21-4-2-1-3-10(25)26/h5H,1,3,6H2,(H,21,24)(H,22,27)(H,25,26)(H4,19,20,23). The Hall–Kier alpha value is -3.75. The molecule has 27 heavy (non-hydrogen) atoms. The van der Waals surface area contributed by atoms with Crippen molar-refractivity contribution in [3.63, 3.8) is 0 Å². The third-order valence-electron chi connectivity index (χ3n) is 2.78. The first-order valence-corrected chi connectivity index (χ1v) is 7.17. The number of nitrogens with one attached hydrogen (secondary N) is 2. The number of benzene rings is 1. The number of nitrogens with zero attached hydrogens (tertiary/aromatic N) is 1. The number of carbonyl (C=O) groups excluding carboxylic acids is 2. The van der Waals surface area contributed by atoms with Gasteiger partial charge in [-0.15, -0.1) is 0 Å². The van der Waals surface area contributed by atoms with Gasteiger partial charge in [0.05, 0.1) is 13.0 Å². The number of aliphatic carboxylic acids is 1. The van der Waals surface area contributed by atoms with E-state index in [1.165, 1.54) is 0 Å². The fourth-order valence-corrected chi connectivity index (χ4v) is 1.65. The molecule has 0 radical (unpaired) electrons. The molecule has 12 heteroatoms. The van der Waals surface area contributed by atoms with Crippen LogP contribution in [0.1, 0.15) is 23.2 Å². The van der Waals surface area contributed by atoms with Gasteiger partial charge in [-0.1, -0.05) is 5.92 Å². The highest BCUT2D eigenvalue weighted by Gasteiger charge is 2.24. The van der Waals surface area contributed by atoms with E-state index in [0.29, 0.717) is 6.07 Å². The fourth-order valence-electron chi connectivity index (χ4n) is 1.65.